The van der Waals surface area contributed by atoms with E-state index in [1.54, 1.807) is 12.1 Å². The number of benzene rings is 2. The molecular weight excluding hydrogens is 476 g/mol. The fraction of sp³-hybridized carbons (Fsp3) is 0.483. The maximum absolute atomic E-state index is 13.5. The summed E-state index contributed by atoms with van der Waals surface area (Å²) in [5.41, 5.74) is 1.43. The third-order valence-electron chi connectivity index (χ3n) is 6.50. The van der Waals surface area contributed by atoms with Gasteiger partial charge in [-0.15, -0.1) is 0 Å². The van der Waals surface area contributed by atoms with Gasteiger partial charge in [0.2, 0.25) is 11.8 Å². The first-order valence-corrected chi connectivity index (χ1v) is 12.9. The van der Waals surface area contributed by atoms with Gasteiger partial charge in [-0.2, -0.15) is 0 Å². The summed E-state index contributed by atoms with van der Waals surface area (Å²) in [5, 5.41) is 5.67. The number of halogens is 2. The zero-order chi connectivity index (χ0) is 27.2. The third kappa shape index (κ3) is 8.45. The number of hydrogen-bond acceptors (Lipinski definition) is 4. The number of rotatable bonds is 8. The molecule has 1 atom stereocenters. The van der Waals surface area contributed by atoms with Crippen LogP contribution in [0.3, 0.4) is 0 Å². The second-order valence-corrected chi connectivity index (χ2v) is 10.8. The molecule has 0 bridgehead atoms. The van der Waals surface area contributed by atoms with E-state index in [0.717, 1.165) is 35.9 Å². The van der Waals surface area contributed by atoms with E-state index in [4.69, 9.17) is 0 Å². The highest BCUT2D eigenvalue weighted by atomic mass is 19.1. The van der Waals surface area contributed by atoms with Crippen molar-refractivity contribution in [1.82, 2.24) is 10.6 Å². The highest BCUT2D eigenvalue weighted by Crippen LogP contribution is 2.33. The summed E-state index contributed by atoms with van der Waals surface area (Å²) < 4.78 is 27.0. The van der Waals surface area contributed by atoms with Gasteiger partial charge < -0.3 is 10.6 Å². The summed E-state index contributed by atoms with van der Waals surface area (Å²) in [6.45, 7) is 7.18. The highest BCUT2D eigenvalue weighted by molar-refractivity contribution is 6.17. The molecule has 0 saturated heterocycles. The molecule has 2 N–H and O–H groups in total. The molecule has 0 aliphatic heterocycles. The van der Waals surface area contributed by atoms with Gasteiger partial charge in [-0.25, -0.2) is 13.7 Å². The predicted molar refractivity (Wildman–Crippen MR) is 140 cm³/mol. The molecule has 0 radical (unpaired) electrons. The van der Waals surface area contributed by atoms with Crippen LogP contribution >= 0.6 is 0 Å². The Morgan fingerprint density at radius 3 is 2.14 bits per heavy atom. The minimum Gasteiger partial charge on any atom is -0.344 e. The van der Waals surface area contributed by atoms with Crippen LogP contribution in [0.2, 0.25) is 0 Å². The SMILES string of the molecule is C[C@H](NC(=O)Cc1cc(F)cc(F)c1)C(=O)N(C(=O)CNC(C)(C)C)c1ccc(C2CCCCC2)cc1. The molecule has 1 fully saturated rings. The van der Waals surface area contributed by atoms with Crippen LogP contribution in [0.15, 0.2) is 42.5 Å². The number of carbonyl (C=O) groups excluding carboxylic acids is 3. The van der Waals surface area contributed by atoms with Crippen LogP contribution in [0.4, 0.5) is 14.5 Å². The predicted octanol–water partition coefficient (Wildman–Crippen LogP) is 5.01. The summed E-state index contributed by atoms with van der Waals surface area (Å²) in [5.74, 6) is -2.71. The topological polar surface area (TPSA) is 78.5 Å². The van der Waals surface area contributed by atoms with Gasteiger partial charge in [0.25, 0.3) is 5.91 Å². The van der Waals surface area contributed by atoms with E-state index in [1.807, 2.05) is 32.9 Å². The van der Waals surface area contributed by atoms with E-state index >= 15 is 0 Å². The molecule has 0 unspecified atom stereocenters. The van der Waals surface area contributed by atoms with Crippen LogP contribution in [0.1, 0.15) is 76.8 Å². The van der Waals surface area contributed by atoms with Crippen LogP contribution in [0, 0.1) is 11.6 Å². The molecule has 6 nitrogen and oxygen atoms in total. The molecule has 200 valence electrons. The van der Waals surface area contributed by atoms with Gasteiger partial charge in [0.15, 0.2) is 0 Å². The van der Waals surface area contributed by atoms with Crippen LogP contribution in [0.25, 0.3) is 0 Å². The molecule has 1 aliphatic carbocycles. The third-order valence-corrected chi connectivity index (χ3v) is 6.50. The van der Waals surface area contributed by atoms with Crippen molar-refractivity contribution < 1.29 is 23.2 Å². The molecule has 3 amide bonds. The molecule has 2 aromatic carbocycles. The largest absolute Gasteiger partial charge is 0.344 e. The van der Waals surface area contributed by atoms with E-state index in [-0.39, 0.29) is 24.1 Å². The molecule has 8 heteroatoms. The fourth-order valence-electron chi connectivity index (χ4n) is 4.59. The first-order valence-electron chi connectivity index (χ1n) is 12.9. The number of carbonyl (C=O) groups is 3. The van der Waals surface area contributed by atoms with Crippen molar-refractivity contribution in [3.05, 3.63) is 65.2 Å². The maximum atomic E-state index is 13.5. The molecule has 2 aromatic rings. The van der Waals surface area contributed by atoms with E-state index < -0.39 is 35.4 Å². The van der Waals surface area contributed by atoms with Crippen LogP contribution in [-0.4, -0.2) is 35.8 Å². The number of hydrogen-bond donors (Lipinski definition) is 2. The van der Waals surface area contributed by atoms with Gasteiger partial charge >= 0.3 is 0 Å². The molecule has 0 aromatic heterocycles. The molecule has 0 heterocycles. The molecular formula is C29H37F2N3O3. The van der Waals surface area contributed by atoms with Crippen molar-refractivity contribution in [2.75, 3.05) is 11.4 Å². The Kier molecular flexibility index (Phi) is 9.54. The molecule has 1 aliphatic rings. The summed E-state index contributed by atoms with van der Waals surface area (Å²) in [6.07, 6.45) is 5.62. The lowest BCUT2D eigenvalue weighted by molar-refractivity contribution is -0.130. The van der Waals surface area contributed by atoms with Gasteiger partial charge in [-0.05, 0) is 81.8 Å². The van der Waals surface area contributed by atoms with Gasteiger partial charge in [-0.1, -0.05) is 31.4 Å². The standard InChI is InChI=1S/C29H37F2N3O3/c1-19(33-26(35)16-20-14-23(30)17-24(31)15-20)28(37)34(27(36)18-32-29(2,3)4)25-12-10-22(11-13-25)21-8-6-5-7-9-21/h10-15,17,19,21,32H,5-9,16,18H2,1-4H3,(H,33,35)/t19-/m0/s1. The lowest BCUT2D eigenvalue weighted by Crippen LogP contribution is -2.53. The summed E-state index contributed by atoms with van der Waals surface area (Å²) in [7, 11) is 0. The van der Waals surface area contributed by atoms with E-state index in [1.165, 1.54) is 31.7 Å². The Morgan fingerprint density at radius 2 is 1.57 bits per heavy atom. The Balaban J connectivity index is 1.76. The van der Waals surface area contributed by atoms with Crippen molar-refractivity contribution in [2.45, 2.75) is 83.7 Å². The number of amides is 3. The normalized spacial score (nSPS) is 15.2. The molecule has 3 rings (SSSR count). The van der Waals surface area contributed by atoms with E-state index in [2.05, 4.69) is 10.6 Å². The lowest BCUT2D eigenvalue weighted by Gasteiger charge is -2.28. The van der Waals surface area contributed by atoms with Crippen molar-refractivity contribution in [1.29, 1.82) is 0 Å². The van der Waals surface area contributed by atoms with Gasteiger partial charge in [0, 0.05) is 11.6 Å². The lowest BCUT2D eigenvalue weighted by atomic mass is 9.84. The number of nitrogens with zero attached hydrogens (tertiary/aromatic N) is 1. The van der Waals surface area contributed by atoms with E-state index in [9.17, 15) is 23.2 Å². The molecule has 1 saturated carbocycles. The summed E-state index contributed by atoms with van der Waals surface area (Å²) in [4.78, 5) is 40.3. The zero-order valence-corrected chi connectivity index (χ0v) is 22.1. The number of nitrogens with one attached hydrogen (secondary N) is 2. The Hall–Kier alpha value is -3.13. The summed E-state index contributed by atoms with van der Waals surface area (Å²) in [6, 6.07) is 9.32. The average molecular weight is 514 g/mol. The van der Waals surface area contributed by atoms with Gasteiger partial charge in [0.1, 0.15) is 17.7 Å². The molecule has 0 spiro atoms. The highest BCUT2D eigenvalue weighted by Gasteiger charge is 2.29. The quantitative estimate of drug-likeness (QED) is 0.520. The van der Waals surface area contributed by atoms with Crippen molar-refractivity contribution in [3.8, 4) is 0 Å². The van der Waals surface area contributed by atoms with Crippen molar-refractivity contribution >= 4 is 23.4 Å². The van der Waals surface area contributed by atoms with Crippen molar-refractivity contribution in [3.63, 3.8) is 0 Å². The molecule has 37 heavy (non-hydrogen) atoms. The summed E-state index contributed by atoms with van der Waals surface area (Å²) >= 11 is 0. The first kappa shape index (κ1) is 28.4. The zero-order valence-electron chi connectivity index (χ0n) is 22.1. The van der Waals surface area contributed by atoms with Gasteiger partial charge in [-0.3, -0.25) is 14.4 Å². The smallest absolute Gasteiger partial charge is 0.256 e. The van der Waals surface area contributed by atoms with Crippen LogP contribution < -0.4 is 15.5 Å². The Labute approximate surface area is 217 Å². The second kappa shape index (κ2) is 12.4. The Morgan fingerprint density at radius 1 is 0.973 bits per heavy atom. The second-order valence-electron chi connectivity index (χ2n) is 10.8. The van der Waals surface area contributed by atoms with Crippen molar-refractivity contribution in [2.24, 2.45) is 0 Å². The van der Waals surface area contributed by atoms with E-state index in [0.29, 0.717) is 11.6 Å². The average Bonchev–Trinajstić information content (AvgIpc) is 2.82. The van der Waals surface area contributed by atoms with Crippen LogP contribution in [0.5, 0.6) is 0 Å². The number of anilines is 1. The van der Waals surface area contributed by atoms with Crippen LogP contribution in [-0.2, 0) is 20.8 Å². The monoisotopic (exact) mass is 513 g/mol. The maximum Gasteiger partial charge on any atom is 0.256 e. The minimum absolute atomic E-state index is 0.0666. The number of imide groups is 1. The minimum atomic E-state index is -1.04. The fourth-order valence-corrected chi connectivity index (χ4v) is 4.59. The Bertz CT molecular complexity index is 1090. The first-order chi connectivity index (χ1) is 17.4. The van der Waals surface area contributed by atoms with Gasteiger partial charge in [0.05, 0.1) is 18.7 Å².